The number of alkyl halides is 3. The van der Waals surface area contributed by atoms with Gasteiger partial charge in [0.2, 0.25) is 0 Å². The average molecular weight is 529 g/mol. The Bertz CT molecular complexity index is 1280. The molecule has 0 fully saturated rings. The molecule has 10 heteroatoms. The van der Waals surface area contributed by atoms with Crippen LogP contribution in [0.5, 0.6) is 17.2 Å². The second kappa shape index (κ2) is 11.5. The van der Waals surface area contributed by atoms with E-state index < -0.39 is 30.5 Å². The number of anilines is 1. The standard InChI is InChI=1S/C28H27F3N2O5/c1-2-36-26(34)16-23(33-27(35)28(29,30)31)17-6-10-19(11-7-17)38-25-15-14-22-21(25)4-3-5-24(22)37-20-12-8-18(32)9-13-20/h3-13,23,25H,2,14-16,32H2,1H3,(H,33,35)/t23?,25-/m1/s1. The van der Waals surface area contributed by atoms with Gasteiger partial charge < -0.3 is 25.3 Å². The maximum absolute atomic E-state index is 12.8. The van der Waals surface area contributed by atoms with Gasteiger partial charge in [0, 0.05) is 11.3 Å². The molecule has 0 spiro atoms. The van der Waals surface area contributed by atoms with Gasteiger partial charge in [0.05, 0.1) is 19.1 Å². The number of carbonyl (C=O) groups is 2. The quantitative estimate of drug-likeness (QED) is 0.269. The molecule has 1 amide bonds. The lowest BCUT2D eigenvalue weighted by molar-refractivity contribution is -0.174. The van der Waals surface area contributed by atoms with Gasteiger partial charge in [-0.15, -0.1) is 0 Å². The van der Waals surface area contributed by atoms with E-state index in [9.17, 15) is 22.8 Å². The summed E-state index contributed by atoms with van der Waals surface area (Å²) in [5.74, 6) is -0.960. The number of nitrogens with one attached hydrogen (secondary N) is 1. The summed E-state index contributed by atoms with van der Waals surface area (Å²) in [6.45, 7) is 1.66. The monoisotopic (exact) mass is 528 g/mol. The molecule has 0 saturated heterocycles. The Hall–Kier alpha value is -4.21. The number of fused-ring (bicyclic) bond motifs is 1. The average Bonchev–Trinajstić information content (AvgIpc) is 3.29. The number of amides is 1. The van der Waals surface area contributed by atoms with Gasteiger partial charge in [-0.25, -0.2) is 0 Å². The number of benzene rings is 3. The number of hydrogen-bond donors (Lipinski definition) is 2. The van der Waals surface area contributed by atoms with Crippen molar-refractivity contribution in [1.82, 2.24) is 5.32 Å². The Kier molecular flexibility index (Phi) is 8.09. The molecule has 0 aromatic heterocycles. The number of nitrogen functional groups attached to an aromatic ring is 1. The van der Waals surface area contributed by atoms with Crippen molar-refractivity contribution in [2.45, 2.75) is 44.5 Å². The highest BCUT2D eigenvalue weighted by Crippen LogP contribution is 2.41. The molecule has 1 unspecified atom stereocenters. The molecule has 3 aromatic carbocycles. The van der Waals surface area contributed by atoms with E-state index in [1.165, 1.54) is 12.1 Å². The summed E-state index contributed by atoms with van der Waals surface area (Å²) < 4.78 is 55.6. The summed E-state index contributed by atoms with van der Waals surface area (Å²) in [5, 5.41) is 1.87. The highest BCUT2D eigenvalue weighted by Gasteiger charge is 2.40. The highest BCUT2D eigenvalue weighted by molar-refractivity contribution is 5.83. The zero-order valence-electron chi connectivity index (χ0n) is 20.6. The molecule has 4 rings (SSSR count). The summed E-state index contributed by atoms with van der Waals surface area (Å²) in [6.07, 6.45) is -4.31. The molecule has 3 N–H and O–H groups in total. The van der Waals surface area contributed by atoms with Gasteiger partial charge >= 0.3 is 18.1 Å². The number of ether oxygens (including phenoxy) is 3. The molecule has 38 heavy (non-hydrogen) atoms. The number of nitrogens with two attached hydrogens (primary N) is 1. The molecule has 0 heterocycles. The van der Waals surface area contributed by atoms with E-state index in [0.717, 1.165) is 23.3 Å². The zero-order chi connectivity index (χ0) is 27.3. The van der Waals surface area contributed by atoms with E-state index in [2.05, 4.69) is 0 Å². The third-order valence-corrected chi connectivity index (χ3v) is 6.08. The molecule has 3 aromatic rings. The van der Waals surface area contributed by atoms with Crippen LogP contribution in [0.1, 0.15) is 48.6 Å². The largest absolute Gasteiger partial charge is 0.486 e. The first-order chi connectivity index (χ1) is 18.1. The molecule has 0 radical (unpaired) electrons. The molecule has 1 aliphatic carbocycles. The predicted molar refractivity (Wildman–Crippen MR) is 134 cm³/mol. The van der Waals surface area contributed by atoms with E-state index in [-0.39, 0.29) is 12.7 Å². The van der Waals surface area contributed by atoms with Crippen LogP contribution in [0, 0.1) is 0 Å². The number of rotatable bonds is 9. The van der Waals surface area contributed by atoms with Gasteiger partial charge in [-0.05, 0) is 73.4 Å². The molecule has 0 bridgehead atoms. The van der Waals surface area contributed by atoms with Crippen LogP contribution in [0.3, 0.4) is 0 Å². The third kappa shape index (κ3) is 6.56. The summed E-state index contributed by atoms with van der Waals surface area (Å²) >= 11 is 0. The SMILES string of the molecule is CCOC(=O)CC(NC(=O)C(F)(F)F)c1ccc(O[C@@H]2CCc3c(Oc4ccc(N)cc4)cccc32)cc1. The first kappa shape index (κ1) is 26.8. The van der Waals surface area contributed by atoms with Crippen molar-refractivity contribution >= 4 is 17.6 Å². The zero-order valence-corrected chi connectivity index (χ0v) is 20.6. The minimum absolute atomic E-state index is 0.0706. The number of hydrogen-bond acceptors (Lipinski definition) is 6. The van der Waals surface area contributed by atoms with Crippen LogP contribution in [-0.4, -0.2) is 24.7 Å². The summed E-state index contributed by atoms with van der Waals surface area (Å²) in [6, 6.07) is 17.9. The summed E-state index contributed by atoms with van der Waals surface area (Å²) in [7, 11) is 0. The topological polar surface area (TPSA) is 99.9 Å². The minimum atomic E-state index is -5.08. The molecule has 0 saturated carbocycles. The van der Waals surface area contributed by atoms with Crippen LogP contribution in [0.25, 0.3) is 0 Å². The maximum Gasteiger partial charge on any atom is 0.471 e. The fourth-order valence-electron chi connectivity index (χ4n) is 4.29. The molecular weight excluding hydrogens is 501 g/mol. The van der Waals surface area contributed by atoms with E-state index >= 15 is 0 Å². The van der Waals surface area contributed by atoms with Gasteiger partial charge in [-0.1, -0.05) is 24.3 Å². The van der Waals surface area contributed by atoms with Crippen LogP contribution in [0.4, 0.5) is 18.9 Å². The van der Waals surface area contributed by atoms with E-state index in [0.29, 0.717) is 29.2 Å². The lowest BCUT2D eigenvalue weighted by Gasteiger charge is -2.20. The maximum atomic E-state index is 12.8. The smallest absolute Gasteiger partial charge is 0.471 e. The second-order valence-electron chi connectivity index (χ2n) is 8.74. The fourth-order valence-corrected chi connectivity index (χ4v) is 4.29. The van der Waals surface area contributed by atoms with Crippen LogP contribution in [-0.2, 0) is 20.7 Å². The number of esters is 1. The molecule has 1 aliphatic rings. The van der Waals surface area contributed by atoms with Gasteiger partial charge in [0.25, 0.3) is 0 Å². The predicted octanol–water partition coefficient (Wildman–Crippen LogP) is 5.80. The number of carbonyl (C=O) groups excluding carboxylic acids is 2. The molecule has 0 aliphatic heterocycles. The summed E-state index contributed by atoms with van der Waals surface area (Å²) in [4.78, 5) is 23.5. The Morgan fingerprint density at radius 3 is 2.37 bits per heavy atom. The lowest BCUT2D eigenvalue weighted by Crippen LogP contribution is -2.40. The Morgan fingerprint density at radius 2 is 1.71 bits per heavy atom. The van der Waals surface area contributed by atoms with Crippen molar-refractivity contribution in [1.29, 1.82) is 0 Å². The number of halogens is 3. The first-order valence-corrected chi connectivity index (χ1v) is 12.1. The second-order valence-corrected chi connectivity index (χ2v) is 8.74. The van der Waals surface area contributed by atoms with Crippen molar-refractivity contribution in [2.75, 3.05) is 12.3 Å². The first-order valence-electron chi connectivity index (χ1n) is 12.1. The molecule has 200 valence electrons. The van der Waals surface area contributed by atoms with E-state index in [4.69, 9.17) is 19.9 Å². The summed E-state index contributed by atoms with van der Waals surface area (Å²) in [5.41, 5.74) is 8.72. The minimum Gasteiger partial charge on any atom is -0.486 e. The van der Waals surface area contributed by atoms with Gasteiger partial charge in [0.1, 0.15) is 23.4 Å². The lowest BCUT2D eigenvalue weighted by atomic mass is 10.0. The Balaban J connectivity index is 1.47. The molecular formula is C28H27F3N2O5. The highest BCUT2D eigenvalue weighted by atomic mass is 19.4. The van der Waals surface area contributed by atoms with Crippen molar-refractivity contribution in [3.63, 3.8) is 0 Å². The van der Waals surface area contributed by atoms with Gasteiger partial charge in [-0.2, -0.15) is 13.2 Å². The van der Waals surface area contributed by atoms with Crippen molar-refractivity contribution < 1.29 is 37.0 Å². The van der Waals surface area contributed by atoms with Crippen LogP contribution in [0.2, 0.25) is 0 Å². The van der Waals surface area contributed by atoms with E-state index in [1.807, 2.05) is 23.5 Å². The Morgan fingerprint density at radius 1 is 1.03 bits per heavy atom. The van der Waals surface area contributed by atoms with Crippen molar-refractivity contribution in [2.24, 2.45) is 0 Å². The van der Waals surface area contributed by atoms with Crippen LogP contribution >= 0.6 is 0 Å². The molecule has 7 nitrogen and oxygen atoms in total. The third-order valence-electron chi connectivity index (χ3n) is 6.08. The van der Waals surface area contributed by atoms with Crippen LogP contribution in [0.15, 0.2) is 66.7 Å². The van der Waals surface area contributed by atoms with Gasteiger partial charge in [0.15, 0.2) is 0 Å². The molecule has 2 atom stereocenters. The Labute approximate surface area is 217 Å². The van der Waals surface area contributed by atoms with Gasteiger partial charge in [-0.3, -0.25) is 9.59 Å². The van der Waals surface area contributed by atoms with Crippen LogP contribution < -0.4 is 20.5 Å². The van der Waals surface area contributed by atoms with Crippen molar-refractivity contribution in [3.8, 4) is 17.2 Å². The van der Waals surface area contributed by atoms with Crippen molar-refractivity contribution in [3.05, 3.63) is 83.4 Å². The van der Waals surface area contributed by atoms with E-state index in [1.54, 1.807) is 43.3 Å². The normalized spacial score (nSPS) is 15.3. The fraction of sp³-hybridized carbons (Fsp3) is 0.286.